The first kappa shape index (κ1) is 10.4. The molecule has 0 atom stereocenters. The molecule has 80 valence electrons. The lowest BCUT2D eigenvalue weighted by atomic mass is 10.2. The Morgan fingerprint density at radius 3 is 2.25 bits per heavy atom. The smallest absolute Gasteiger partial charge is 0.115 e. The average molecular weight is 211 g/mol. The molecular formula is C13H13N3. The molecule has 2 heterocycles. The zero-order valence-electron chi connectivity index (χ0n) is 9.12. The Bertz CT molecular complexity index is 516. The molecule has 0 bridgehead atoms. The molecule has 0 saturated heterocycles. The molecule has 0 unspecified atom stereocenters. The van der Waals surface area contributed by atoms with Crippen molar-refractivity contribution < 1.29 is 0 Å². The van der Waals surface area contributed by atoms with E-state index < -0.39 is 0 Å². The monoisotopic (exact) mass is 211 g/mol. The van der Waals surface area contributed by atoms with Gasteiger partial charge in [-0.15, -0.1) is 0 Å². The van der Waals surface area contributed by atoms with E-state index in [4.69, 9.17) is 0 Å². The minimum atomic E-state index is 1.29. The molecule has 3 rings (SSSR count). The molecule has 0 aliphatic carbocycles. The van der Waals surface area contributed by atoms with Crippen LogP contribution in [0.25, 0.3) is 10.9 Å². The van der Waals surface area contributed by atoms with Crippen LogP contribution < -0.4 is 0 Å². The van der Waals surface area contributed by atoms with Crippen LogP contribution in [0.2, 0.25) is 0 Å². The number of benzene rings is 1. The van der Waals surface area contributed by atoms with Crippen LogP contribution in [0, 0.1) is 0 Å². The highest BCUT2D eigenvalue weighted by Crippen LogP contribution is 2.12. The van der Waals surface area contributed by atoms with E-state index in [-0.39, 0.29) is 0 Å². The Balaban J connectivity index is 0.000000138. The van der Waals surface area contributed by atoms with Crippen molar-refractivity contribution in [2.45, 2.75) is 0 Å². The van der Waals surface area contributed by atoms with Gasteiger partial charge in [-0.3, -0.25) is 0 Å². The van der Waals surface area contributed by atoms with Gasteiger partial charge in [0.15, 0.2) is 0 Å². The highest BCUT2D eigenvalue weighted by atomic mass is 14.9. The maximum atomic E-state index is 3.67. The fraction of sp³-hybridized carbons (Fsp3) is 0.0769. The van der Waals surface area contributed by atoms with Crippen LogP contribution in [-0.2, 0) is 7.05 Å². The van der Waals surface area contributed by atoms with Crippen LogP contribution in [0.1, 0.15) is 0 Å². The number of rotatable bonds is 0. The van der Waals surface area contributed by atoms with Gasteiger partial charge in [-0.2, -0.15) is 0 Å². The van der Waals surface area contributed by atoms with Gasteiger partial charge in [0.25, 0.3) is 0 Å². The summed E-state index contributed by atoms with van der Waals surface area (Å²) in [7, 11) is 2.06. The molecule has 0 radical (unpaired) electrons. The second-order valence-electron chi connectivity index (χ2n) is 3.39. The lowest BCUT2D eigenvalue weighted by Crippen LogP contribution is -1.81. The molecule has 2 aromatic heterocycles. The normalized spacial score (nSPS) is 9.56. The molecule has 0 aliphatic heterocycles. The summed E-state index contributed by atoms with van der Waals surface area (Å²) in [5.41, 5.74) is 1.29. The molecule has 0 N–H and O–H groups in total. The third-order valence-corrected chi connectivity index (χ3v) is 2.27. The van der Waals surface area contributed by atoms with Crippen molar-refractivity contribution in [2.24, 2.45) is 7.05 Å². The van der Waals surface area contributed by atoms with Crippen molar-refractivity contribution in [1.29, 1.82) is 0 Å². The van der Waals surface area contributed by atoms with E-state index in [1.165, 1.54) is 17.2 Å². The molecular weight excluding hydrogens is 198 g/mol. The third kappa shape index (κ3) is 2.45. The van der Waals surface area contributed by atoms with Crippen molar-refractivity contribution in [3.8, 4) is 0 Å². The van der Waals surface area contributed by atoms with Crippen LogP contribution >= 0.6 is 0 Å². The fourth-order valence-corrected chi connectivity index (χ4v) is 1.48. The van der Waals surface area contributed by atoms with Crippen LogP contribution in [-0.4, -0.2) is 14.5 Å². The average Bonchev–Trinajstić information content (AvgIpc) is 2.75. The maximum absolute atomic E-state index is 3.67. The van der Waals surface area contributed by atoms with Gasteiger partial charge >= 0.3 is 0 Å². The van der Waals surface area contributed by atoms with E-state index in [9.17, 15) is 0 Å². The van der Waals surface area contributed by atoms with E-state index in [2.05, 4.69) is 58.1 Å². The summed E-state index contributed by atoms with van der Waals surface area (Å²) in [5.74, 6) is 0. The summed E-state index contributed by atoms with van der Waals surface area (Å²) in [4.78, 5) is 7.35. The van der Waals surface area contributed by atoms with Gasteiger partial charge in [-0.1, -0.05) is 18.2 Å². The Morgan fingerprint density at radius 2 is 1.69 bits per heavy atom. The van der Waals surface area contributed by atoms with E-state index in [0.717, 1.165) is 0 Å². The second kappa shape index (κ2) is 5.07. The lowest BCUT2D eigenvalue weighted by molar-refractivity contribution is 0.969. The standard InChI is InChI=1S/C9H9N.C4H4N2/c1-10-7-6-8-4-2-3-5-9(8)10;1-2-5-4-6-3-1/h2-7H,1H3;1-4H. The molecule has 0 spiro atoms. The minimum Gasteiger partial charge on any atom is -0.351 e. The van der Waals surface area contributed by atoms with E-state index in [1.54, 1.807) is 18.5 Å². The van der Waals surface area contributed by atoms with Crippen molar-refractivity contribution in [2.75, 3.05) is 0 Å². The third-order valence-electron chi connectivity index (χ3n) is 2.27. The first-order valence-corrected chi connectivity index (χ1v) is 5.08. The first-order chi connectivity index (χ1) is 7.88. The highest BCUT2D eigenvalue weighted by Gasteiger charge is 1.92. The Labute approximate surface area is 94.4 Å². The van der Waals surface area contributed by atoms with E-state index >= 15 is 0 Å². The summed E-state index contributed by atoms with van der Waals surface area (Å²) in [6, 6.07) is 12.3. The fourth-order valence-electron chi connectivity index (χ4n) is 1.48. The number of fused-ring (bicyclic) bond motifs is 1. The summed E-state index contributed by atoms with van der Waals surface area (Å²) in [5, 5.41) is 1.31. The summed E-state index contributed by atoms with van der Waals surface area (Å²) in [6.07, 6.45) is 6.95. The van der Waals surface area contributed by atoms with Gasteiger partial charge < -0.3 is 4.57 Å². The predicted molar refractivity (Wildman–Crippen MR) is 65.0 cm³/mol. The Hall–Kier alpha value is -2.16. The molecule has 3 aromatic rings. The van der Waals surface area contributed by atoms with Gasteiger partial charge in [-0.05, 0) is 23.6 Å². The van der Waals surface area contributed by atoms with Crippen LogP contribution in [0.4, 0.5) is 0 Å². The molecule has 0 amide bonds. The summed E-state index contributed by atoms with van der Waals surface area (Å²) >= 11 is 0. The lowest BCUT2D eigenvalue weighted by Gasteiger charge is -1.92. The first-order valence-electron chi connectivity index (χ1n) is 5.08. The van der Waals surface area contributed by atoms with Crippen LogP contribution in [0.3, 0.4) is 0 Å². The predicted octanol–water partition coefficient (Wildman–Crippen LogP) is 2.65. The van der Waals surface area contributed by atoms with E-state index in [0.29, 0.717) is 0 Å². The Kier molecular flexibility index (Phi) is 3.28. The zero-order chi connectivity index (χ0) is 11.2. The SMILES string of the molecule is Cn1ccc2ccccc21.c1cncnc1. The zero-order valence-corrected chi connectivity index (χ0v) is 9.12. The van der Waals surface area contributed by atoms with Crippen molar-refractivity contribution in [3.63, 3.8) is 0 Å². The molecule has 0 fully saturated rings. The topological polar surface area (TPSA) is 30.7 Å². The summed E-state index contributed by atoms with van der Waals surface area (Å²) < 4.78 is 2.12. The van der Waals surface area contributed by atoms with E-state index in [1.807, 2.05) is 0 Å². The molecule has 16 heavy (non-hydrogen) atoms. The van der Waals surface area contributed by atoms with Crippen LogP contribution in [0.5, 0.6) is 0 Å². The highest BCUT2D eigenvalue weighted by molar-refractivity contribution is 5.79. The van der Waals surface area contributed by atoms with Gasteiger partial charge in [0, 0.05) is 31.2 Å². The van der Waals surface area contributed by atoms with Gasteiger partial charge in [0.1, 0.15) is 6.33 Å². The van der Waals surface area contributed by atoms with Crippen molar-refractivity contribution >= 4 is 10.9 Å². The molecule has 3 heteroatoms. The minimum absolute atomic E-state index is 1.29. The Morgan fingerprint density at radius 1 is 0.938 bits per heavy atom. The van der Waals surface area contributed by atoms with Crippen molar-refractivity contribution in [3.05, 3.63) is 61.3 Å². The number of aryl methyl sites for hydroxylation is 1. The molecule has 0 aliphatic rings. The summed E-state index contributed by atoms with van der Waals surface area (Å²) in [6.45, 7) is 0. The second-order valence-corrected chi connectivity index (χ2v) is 3.39. The number of aromatic nitrogens is 3. The number of hydrogen-bond donors (Lipinski definition) is 0. The molecule has 0 saturated carbocycles. The molecule has 3 nitrogen and oxygen atoms in total. The number of para-hydroxylation sites is 1. The van der Waals surface area contributed by atoms with Gasteiger partial charge in [0.2, 0.25) is 0 Å². The van der Waals surface area contributed by atoms with Gasteiger partial charge in [-0.25, -0.2) is 9.97 Å². The maximum Gasteiger partial charge on any atom is 0.115 e. The van der Waals surface area contributed by atoms with Crippen LogP contribution in [0.15, 0.2) is 61.3 Å². The molecule has 1 aromatic carbocycles. The van der Waals surface area contributed by atoms with Crippen molar-refractivity contribution in [1.82, 2.24) is 14.5 Å². The largest absolute Gasteiger partial charge is 0.351 e. The number of hydrogen-bond acceptors (Lipinski definition) is 2. The van der Waals surface area contributed by atoms with Gasteiger partial charge in [0.05, 0.1) is 0 Å². The number of nitrogens with zero attached hydrogens (tertiary/aromatic N) is 3. The quantitative estimate of drug-likeness (QED) is 0.572.